The molecule has 8 heteroatoms. The lowest BCUT2D eigenvalue weighted by molar-refractivity contribution is 0.0946. The number of ether oxygens (including phenoxy) is 4. The summed E-state index contributed by atoms with van der Waals surface area (Å²) in [5, 5.41) is 9.86. The predicted octanol–water partition coefficient (Wildman–Crippen LogP) is 2.75. The van der Waals surface area contributed by atoms with Crippen LogP contribution in [0.1, 0.15) is 16.1 Å². The van der Waals surface area contributed by atoms with Gasteiger partial charge in [-0.2, -0.15) is 5.10 Å². The Bertz CT molecular complexity index is 1010. The van der Waals surface area contributed by atoms with Crippen LogP contribution in [0.25, 0.3) is 11.3 Å². The van der Waals surface area contributed by atoms with E-state index in [4.69, 9.17) is 18.9 Å². The highest BCUT2D eigenvalue weighted by atomic mass is 16.7. The summed E-state index contributed by atoms with van der Waals surface area (Å²) in [6, 6.07) is 12.7. The second-order valence-electron chi connectivity index (χ2n) is 6.10. The van der Waals surface area contributed by atoms with Crippen molar-refractivity contribution in [2.45, 2.75) is 6.54 Å². The number of hydrogen-bond donors (Lipinski definition) is 2. The smallest absolute Gasteiger partial charge is 0.269 e. The fourth-order valence-electron chi connectivity index (χ4n) is 2.91. The van der Waals surface area contributed by atoms with Crippen molar-refractivity contribution >= 4 is 5.91 Å². The number of methoxy groups -OCH3 is 2. The summed E-state index contributed by atoms with van der Waals surface area (Å²) in [4.78, 5) is 12.5. The maximum absolute atomic E-state index is 12.5. The lowest BCUT2D eigenvalue weighted by atomic mass is 10.1. The van der Waals surface area contributed by atoms with E-state index in [1.807, 2.05) is 30.3 Å². The van der Waals surface area contributed by atoms with Crippen molar-refractivity contribution in [3.05, 3.63) is 53.7 Å². The lowest BCUT2D eigenvalue weighted by Crippen LogP contribution is -2.23. The summed E-state index contributed by atoms with van der Waals surface area (Å²) in [6.45, 7) is 0.576. The van der Waals surface area contributed by atoms with Crippen molar-refractivity contribution in [2.24, 2.45) is 0 Å². The Morgan fingerprint density at radius 3 is 2.79 bits per heavy atom. The Balaban J connectivity index is 1.46. The molecule has 144 valence electrons. The number of amides is 1. The monoisotopic (exact) mass is 381 g/mol. The van der Waals surface area contributed by atoms with Gasteiger partial charge < -0.3 is 24.3 Å². The number of carbonyl (C=O) groups is 1. The molecule has 3 aromatic rings. The third kappa shape index (κ3) is 3.44. The molecule has 0 saturated heterocycles. The first-order valence-electron chi connectivity index (χ1n) is 8.62. The van der Waals surface area contributed by atoms with Gasteiger partial charge in [-0.25, -0.2) is 0 Å². The molecular formula is C20H19N3O5. The van der Waals surface area contributed by atoms with Crippen LogP contribution in [0.2, 0.25) is 0 Å². The van der Waals surface area contributed by atoms with Crippen LogP contribution >= 0.6 is 0 Å². The molecule has 1 aliphatic rings. The highest BCUT2D eigenvalue weighted by Gasteiger charge is 2.16. The minimum atomic E-state index is -0.260. The van der Waals surface area contributed by atoms with Gasteiger partial charge in [0.2, 0.25) is 6.79 Å². The summed E-state index contributed by atoms with van der Waals surface area (Å²) in [6.07, 6.45) is 0. The van der Waals surface area contributed by atoms with Gasteiger partial charge in [-0.1, -0.05) is 6.07 Å². The van der Waals surface area contributed by atoms with Crippen LogP contribution in [0, 0.1) is 0 Å². The van der Waals surface area contributed by atoms with Gasteiger partial charge in [0.25, 0.3) is 5.91 Å². The molecule has 2 aromatic carbocycles. The molecule has 8 nitrogen and oxygen atoms in total. The number of hydrogen-bond acceptors (Lipinski definition) is 6. The first kappa shape index (κ1) is 17.7. The van der Waals surface area contributed by atoms with E-state index in [1.165, 1.54) is 0 Å². The van der Waals surface area contributed by atoms with E-state index in [0.717, 1.165) is 11.1 Å². The zero-order valence-electron chi connectivity index (χ0n) is 15.4. The number of aromatic nitrogens is 2. The van der Waals surface area contributed by atoms with Gasteiger partial charge in [0.05, 0.1) is 19.9 Å². The van der Waals surface area contributed by atoms with Gasteiger partial charge in [-0.3, -0.25) is 9.89 Å². The molecule has 0 aliphatic carbocycles. The molecular weight excluding hydrogens is 362 g/mol. The number of aromatic amines is 1. The highest BCUT2D eigenvalue weighted by Crippen LogP contribution is 2.33. The van der Waals surface area contributed by atoms with Gasteiger partial charge in [-0.15, -0.1) is 0 Å². The normalized spacial score (nSPS) is 11.9. The molecule has 0 atom stereocenters. The molecule has 28 heavy (non-hydrogen) atoms. The zero-order valence-corrected chi connectivity index (χ0v) is 15.4. The van der Waals surface area contributed by atoms with Crippen molar-refractivity contribution in [3.8, 4) is 34.3 Å². The first-order valence-corrected chi connectivity index (χ1v) is 8.62. The SMILES string of the molecule is COc1ccc(-c2cc(C(=O)NCc3ccc4c(c3)OCO4)[nH]n2)c(OC)c1. The number of nitrogens with zero attached hydrogens (tertiary/aromatic N) is 1. The van der Waals surface area contributed by atoms with E-state index < -0.39 is 0 Å². The van der Waals surface area contributed by atoms with Crippen LogP contribution in [0.4, 0.5) is 0 Å². The molecule has 0 radical (unpaired) electrons. The van der Waals surface area contributed by atoms with Gasteiger partial charge >= 0.3 is 0 Å². The standard InChI is InChI=1S/C20H19N3O5/c1-25-13-4-5-14(18(8-13)26-2)15-9-16(23-22-15)20(24)21-10-12-3-6-17-19(7-12)28-11-27-17/h3-9H,10-11H2,1-2H3,(H,21,24)(H,22,23). The molecule has 1 aromatic heterocycles. The summed E-state index contributed by atoms with van der Waals surface area (Å²) < 4.78 is 21.2. The first-order chi connectivity index (χ1) is 13.7. The van der Waals surface area contributed by atoms with Crippen LogP contribution in [-0.4, -0.2) is 37.1 Å². The third-order valence-electron chi connectivity index (χ3n) is 4.40. The van der Waals surface area contributed by atoms with Crippen molar-refractivity contribution in [3.63, 3.8) is 0 Å². The molecule has 0 bridgehead atoms. The highest BCUT2D eigenvalue weighted by molar-refractivity contribution is 5.93. The van der Waals surface area contributed by atoms with E-state index in [-0.39, 0.29) is 12.7 Å². The minimum absolute atomic E-state index is 0.219. The van der Waals surface area contributed by atoms with Crippen LogP contribution in [0.5, 0.6) is 23.0 Å². The fourth-order valence-corrected chi connectivity index (χ4v) is 2.91. The molecule has 0 fully saturated rings. The summed E-state index contributed by atoms with van der Waals surface area (Å²) in [5.41, 5.74) is 2.63. The van der Waals surface area contributed by atoms with E-state index in [2.05, 4.69) is 15.5 Å². The average molecular weight is 381 g/mol. The second-order valence-corrected chi connectivity index (χ2v) is 6.10. The summed E-state index contributed by atoms with van der Waals surface area (Å²) in [5.74, 6) is 2.42. The molecule has 4 rings (SSSR count). The van der Waals surface area contributed by atoms with Crippen molar-refractivity contribution < 1.29 is 23.7 Å². The zero-order chi connectivity index (χ0) is 19.5. The van der Waals surface area contributed by atoms with E-state index in [0.29, 0.717) is 40.9 Å². The van der Waals surface area contributed by atoms with Gasteiger partial charge in [0, 0.05) is 18.2 Å². The van der Waals surface area contributed by atoms with Crippen LogP contribution in [-0.2, 0) is 6.54 Å². The lowest BCUT2D eigenvalue weighted by Gasteiger charge is -2.08. The van der Waals surface area contributed by atoms with E-state index >= 15 is 0 Å². The summed E-state index contributed by atoms with van der Waals surface area (Å²) in [7, 11) is 3.16. The third-order valence-corrected chi connectivity index (χ3v) is 4.40. The van der Waals surface area contributed by atoms with Crippen LogP contribution in [0.15, 0.2) is 42.5 Å². The van der Waals surface area contributed by atoms with Crippen molar-refractivity contribution in [1.29, 1.82) is 0 Å². The number of H-pyrrole nitrogens is 1. The second kappa shape index (κ2) is 7.51. The average Bonchev–Trinajstić information content (AvgIpc) is 3.40. The fraction of sp³-hybridized carbons (Fsp3) is 0.200. The molecule has 1 amide bonds. The topological polar surface area (TPSA) is 94.7 Å². The van der Waals surface area contributed by atoms with Gasteiger partial charge in [0.15, 0.2) is 11.5 Å². The number of fused-ring (bicyclic) bond motifs is 1. The van der Waals surface area contributed by atoms with Crippen LogP contribution in [0.3, 0.4) is 0 Å². The molecule has 2 heterocycles. The maximum Gasteiger partial charge on any atom is 0.269 e. The largest absolute Gasteiger partial charge is 0.497 e. The Kier molecular flexibility index (Phi) is 4.76. The van der Waals surface area contributed by atoms with Crippen molar-refractivity contribution in [2.75, 3.05) is 21.0 Å². The van der Waals surface area contributed by atoms with Gasteiger partial charge in [0.1, 0.15) is 17.2 Å². The van der Waals surface area contributed by atoms with Crippen molar-refractivity contribution in [1.82, 2.24) is 15.5 Å². The van der Waals surface area contributed by atoms with Crippen LogP contribution < -0.4 is 24.3 Å². The summed E-state index contributed by atoms with van der Waals surface area (Å²) >= 11 is 0. The maximum atomic E-state index is 12.5. The number of rotatable bonds is 6. The van der Waals surface area contributed by atoms with E-state index in [1.54, 1.807) is 26.4 Å². The molecule has 2 N–H and O–H groups in total. The number of nitrogens with one attached hydrogen (secondary N) is 2. The Morgan fingerprint density at radius 2 is 1.96 bits per heavy atom. The molecule has 1 aliphatic heterocycles. The minimum Gasteiger partial charge on any atom is -0.497 e. The Morgan fingerprint density at radius 1 is 1.11 bits per heavy atom. The molecule has 0 spiro atoms. The van der Waals surface area contributed by atoms with Gasteiger partial charge in [-0.05, 0) is 35.9 Å². The molecule has 0 saturated carbocycles. The predicted molar refractivity (Wildman–Crippen MR) is 101 cm³/mol. The Hall–Kier alpha value is -3.68. The quantitative estimate of drug-likeness (QED) is 0.682. The number of benzene rings is 2. The Labute approximate surface area is 161 Å². The number of carbonyl (C=O) groups excluding carboxylic acids is 1. The van der Waals surface area contributed by atoms with E-state index in [9.17, 15) is 4.79 Å². The molecule has 0 unspecified atom stereocenters.